The van der Waals surface area contributed by atoms with E-state index in [-0.39, 0.29) is 11.4 Å². The van der Waals surface area contributed by atoms with Crippen LogP contribution in [0, 0.1) is 11.5 Å². The maximum Gasteiger partial charge on any atom is 0.200 e. The Morgan fingerprint density at radius 2 is 2.33 bits per heavy atom. The first-order valence-corrected chi connectivity index (χ1v) is 4.40. The van der Waals surface area contributed by atoms with Crippen molar-refractivity contribution < 1.29 is 4.39 Å². The van der Waals surface area contributed by atoms with Crippen LogP contribution in [0.25, 0.3) is 0 Å². The number of alkyl halides is 1. The Morgan fingerprint density at radius 1 is 1.73 bits per heavy atom. The molecule has 0 aliphatic rings. The highest BCUT2D eigenvalue weighted by molar-refractivity contribution is 5.29. The molecule has 1 atom stereocenters. The zero-order chi connectivity index (χ0) is 11.8. The maximum absolute atomic E-state index is 12.8. The van der Waals surface area contributed by atoms with Gasteiger partial charge in [-0.05, 0) is 19.4 Å². The minimum atomic E-state index is -1.23. The van der Waals surface area contributed by atoms with Gasteiger partial charge in [0.15, 0.2) is 6.19 Å². The first-order chi connectivity index (χ1) is 7.02. The summed E-state index contributed by atoms with van der Waals surface area (Å²) >= 11 is 0. The normalized spacial score (nSPS) is 14.3. The van der Waals surface area contributed by atoms with Gasteiger partial charge in [-0.1, -0.05) is 12.2 Å². The second-order valence-corrected chi connectivity index (χ2v) is 2.88. The molecule has 0 aliphatic carbocycles. The van der Waals surface area contributed by atoms with Crippen molar-refractivity contribution in [3.05, 3.63) is 36.2 Å². The number of rotatable bonds is 5. The highest BCUT2D eigenvalue weighted by Gasteiger charge is 2.09. The van der Waals surface area contributed by atoms with Crippen molar-refractivity contribution in [3.63, 3.8) is 0 Å². The molecule has 4 N–H and O–H groups in total. The van der Waals surface area contributed by atoms with E-state index in [0.29, 0.717) is 6.42 Å². The van der Waals surface area contributed by atoms with Gasteiger partial charge in [-0.25, -0.2) is 15.2 Å². The van der Waals surface area contributed by atoms with Gasteiger partial charge in [-0.2, -0.15) is 5.26 Å². The van der Waals surface area contributed by atoms with Gasteiger partial charge in [-0.15, -0.1) is 6.58 Å². The van der Waals surface area contributed by atoms with Crippen LogP contribution in [-0.4, -0.2) is 11.2 Å². The van der Waals surface area contributed by atoms with Crippen molar-refractivity contribution >= 4 is 0 Å². The lowest BCUT2D eigenvalue weighted by atomic mass is 10.2. The molecular weight excluding hydrogens is 195 g/mol. The van der Waals surface area contributed by atoms with E-state index in [0.717, 1.165) is 5.01 Å². The fourth-order valence-corrected chi connectivity index (χ4v) is 0.902. The highest BCUT2D eigenvalue weighted by Crippen LogP contribution is 2.10. The molecule has 15 heavy (non-hydrogen) atoms. The third-order valence-corrected chi connectivity index (χ3v) is 1.55. The first kappa shape index (κ1) is 13.2. The quantitative estimate of drug-likeness (QED) is 0.179. The van der Waals surface area contributed by atoms with E-state index in [1.165, 1.54) is 13.0 Å². The number of nitrogens with two attached hydrogens (primary N) is 2. The van der Waals surface area contributed by atoms with E-state index in [1.54, 1.807) is 18.3 Å². The SMILES string of the molecule is C=CC/C=C(N)\C(=C/C(C)F)N(N)C#N. The topological polar surface area (TPSA) is 79.1 Å². The monoisotopic (exact) mass is 210 g/mol. The fourth-order valence-electron chi connectivity index (χ4n) is 0.902. The van der Waals surface area contributed by atoms with Gasteiger partial charge in [0, 0.05) is 0 Å². The van der Waals surface area contributed by atoms with Gasteiger partial charge in [0.05, 0.1) is 11.4 Å². The van der Waals surface area contributed by atoms with Crippen molar-refractivity contribution in [2.75, 3.05) is 0 Å². The molecule has 0 spiro atoms. The van der Waals surface area contributed by atoms with E-state index >= 15 is 0 Å². The molecule has 0 rings (SSSR count). The average Bonchev–Trinajstić information content (AvgIpc) is 2.21. The molecule has 0 aromatic carbocycles. The van der Waals surface area contributed by atoms with E-state index in [9.17, 15) is 4.39 Å². The van der Waals surface area contributed by atoms with Gasteiger partial charge < -0.3 is 5.73 Å². The minimum Gasteiger partial charge on any atom is -0.397 e. The Hall–Kier alpha value is -1.80. The molecule has 0 aromatic heterocycles. The minimum absolute atomic E-state index is 0.161. The molecule has 0 bridgehead atoms. The molecule has 4 nitrogen and oxygen atoms in total. The molecule has 0 saturated heterocycles. The van der Waals surface area contributed by atoms with Crippen molar-refractivity contribution in [3.8, 4) is 6.19 Å². The van der Waals surface area contributed by atoms with Gasteiger partial charge in [0.1, 0.15) is 6.17 Å². The van der Waals surface area contributed by atoms with Crippen LogP contribution < -0.4 is 11.6 Å². The zero-order valence-corrected chi connectivity index (χ0v) is 8.65. The van der Waals surface area contributed by atoms with Crippen molar-refractivity contribution in [1.82, 2.24) is 5.01 Å². The summed E-state index contributed by atoms with van der Waals surface area (Å²) in [6.45, 7) is 4.84. The lowest BCUT2D eigenvalue weighted by Crippen LogP contribution is -2.28. The Kier molecular flexibility index (Phi) is 5.83. The summed E-state index contributed by atoms with van der Waals surface area (Å²) in [5.41, 5.74) is 6.05. The summed E-state index contributed by atoms with van der Waals surface area (Å²) in [4.78, 5) is 0. The van der Waals surface area contributed by atoms with Crippen LogP contribution in [0.5, 0.6) is 0 Å². The third kappa shape index (κ3) is 4.84. The van der Waals surface area contributed by atoms with Crippen LogP contribution in [0.1, 0.15) is 13.3 Å². The Balaban J connectivity index is 4.96. The molecule has 1 unspecified atom stereocenters. The summed E-state index contributed by atoms with van der Waals surface area (Å²) in [6.07, 6.45) is 5.39. The Bertz CT molecular complexity index is 312. The molecule has 0 aliphatic heterocycles. The number of nitriles is 1. The number of halogens is 1. The van der Waals surface area contributed by atoms with E-state index in [1.807, 2.05) is 0 Å². The van der Waals surface area contributed by atoms with Crippen LogP contribution in [0.3, 0.4) is 0 Å². The van der Waals surface area contributed by atoms with Crippen LogP contribution in [-0.2, 0) is 0 Å². The molecule has 0 fully saturated rings. The zero-order valence-electron chi connectivity index (χ0n) is 8.65. The maximum atomic E-state index is 12.8. The Labute approximate surface area is 88.9 Å². The van der Waals surface area contributed by atoms with Gasteiger partial charge in [0.2, 0.25) is 0 Å². The number of nitrogens with zero attached hydrogens (tertiary/aromatic N) is 2. The van der Waals surface area contributed by atoms with E-state index in [2.05, 4.69) is 6.58 Å². The molecule has 0 radical (unpaired) electrons. The predicted octanol–water partition coefficient (Wildman–Crippen LogP) is 1.30. The van der Waals surface area contributed by atoms with Crippen LogP contribution in [0.4, 0.5) is 4.39 Å². The average molecular weight is 210 g/mol. The molecule has 0 saturated carbocycles. The predicted molar refractivity (Wildman–Crippen MR) is 57.4 cm³/mol. The van der Waals surface area contributed by atoms with Crippen molar-refractivity contribution in [2.45, 2.75) is 19.5 Å². The summed E-state index contributed by atoms with van der Waals surface area (Å²) in [5, 5.41) is 9.30. The molecule has 5 heteroatoms. The van der Waals surface area contributed by atoms with Crippen molar-refractivity contribution in [2.24, 2.45) is 11.6 Å². The highest BCUT2D eigenvalue weighted by atomic mass is 19.1. The van der Waals surface area contributed by atoms with Crippen molar-refractivity contribution in [1.29, 1.82) is 5.26 Å². The second kappa shape index (κ2) is 6.62. The molecular formula is C10H15FN4. The largest absolute Gasteiger partial charge is 0.397 e. The third-order valence-electron chi connectivity index (χ3n) is 1.55. The van der Waals surface area contributed by atoms with Gasteiger partial charge >= 0.3 is 0 Å². The summed E-state index contributed by atoms with van der Waals surface area (Å²) in [6, 6.07) is 0. The molecule has 0 heterocycles. The lowest BCUT2D eigenvalue weighted by molar-refractivity contribution is 0.417. The molecule has 0 amide bonds. The summed E-state index contributed by atoms with van der Waals surface area (Å²) in [7, 11) is 0. The number of allylic oxidation sites excluding steroid dienone is 3. The number of hydrazine groups is 1. The van der Waals surface area contributed by atoms with E-state index in [4.69, 9.17) is 16.8 Å². The van der Waals surface area contributed by atoms with Gasteiger partial charge in [0.25, 0.3) is 0 Å². The fraction of sp³-hybridized carbons (Fsp3) is 0.300. The van der Waals surface area contributed by atoms with Gasteiger partial charge in [-0.3, -0.25) is 0 Å². The van der Waals surface area contributed by atoms with Crippen LogP contribution >= 0.6 is 0 Å². The standard InChI is InChI=1S/C10H15FN4/c1-3-4-5-9(13)10(6-8(2)11)15(14)7-12/h3,5-6,8H,1,4,13-14H2,2H3/b9-5+,10-6+. The molecule has 0 aromatic rings. The summed E-state index contributed by atoms with van der Waals surface area (Å²) < 4.78 is 12.8. The number of hydrogen-bond acceptors (Lipinski definition) is 4. The second-order valence-electron chi connectivity index (χ2n) is 2.88. The van der Waals surface area contributed by atoms with Crippen LogP contribution in [0.15, 0.2) is 36.2 Å². The molecule has 82 valence electrons. The Morgan fingerprint density at radius 3 is 2.73 bits per heavy atom. The van der Waals surface area contributed by atoms with Crippen LogP contribution in [0.2, 0.25) is 0 Å². The smallest absolute Gasteiger partial charge is 0.200 e. The first-order valence-electron chi connectivity index (χ1n) is 4.40. The summed E-state index contributed by atoms with van der Waals surface area (Å²) in [5.74, 6) is 5.33. The van der Waals surface area contributed by atoms with E-state index < -0.39 is 6.17 Å². The number of hydrogen-bond donors (Lipinski definition) is 2. The lowest BCUT2D eigenvalue weighted by Gasteiger charge is -2.14.